The average Bonchev–Trinajstić information content (AvgIpc) is 3.06. The number of hydrogen-bond donors (Lipinski definition) is 1. The number of rotatable bonds is 6. The number of carbonyl (C=O) groups is 1. The third-order valence-electron chi connectivity index (χ3n) is 3.90. The van der Waals surface area contributed by atoms with Crippen molar-refractivity contribution in [1.29, 1.82) is 0 Å². The Morgan fingerprint density at radius 1 is 1.21 bits per heavy atom. The van der Waals surface area contributed by atoms with Crippen molar-refractivity contribution in [3.05, 3.63) is 55.9 Å². The molecule has 1 aromatic heterocycles. The molecule has 0 aliphatic carbocycles. The number of hydrogen-bond acceptors (Lipinski definition) is 4. The first kappa shape index (κ1) is 21.4. The lowest BCUT2D eigenvalue weighted by atomic mass is 10.2. The maximum absolute atomic E-state index is 12.4. The molecule has 0 saturated heterocycles. The van der Waals surface area contributed by atoms with Crippen LogP contribution in [0.25, 0.3) is 11.4 Å². The minimum absolute atomic E-state index is 0.120. The van der Waals surface area contributed by atoms with Gasteiger partial charge in [-0.2, -0.15) is 0 Å². The number of aromatic nitrogens is 3. The highest BCUT2D eigenvalue weighted by molar-refractivity contribution is 9.11. The summed E-state index contributed by atoms with van der Waals surface area (Å²) in [6.45, 7) is 4.70. The molecule has 0 atom stereocenters. The van der Waals surface area contributed by atoms with Crippen LogP contribution >= 0.6 is 55.2 Å². The molecule has 1 amide bonds. The number of anilines is 1. The van der Waals surface area contributed by atoms with Crippen LogP contribution in [0.1, 0.15) is 12.5 Å². The van der Waals surface area contributed by atoms with E-state index in [1.807, 2.05) is 54.8 Å². The quantitative estimate of drug-likeness (QED) is 0.377. The van der Waals surface area contributed by atoms with Crippen LogP contribution in [0.2, 0.25) is 5.02 Å². The molecule has 0 unspecified atom stereocenters. The summed E-state index contributed by atoms with van der Waals surface area (Å²) in [7, 11) is 0. The molecule has 0 radical (unpaired) electrons. The van der Waals surface area contributed by atoms with E-state index < -0.39 is 0 Å². The summed E-state index contributed by atoms with van der Waals surface area (Å²) >= 11 is 14.4. The fourth-order valence-corrected chi connectivity index (χ4v) is 5.25. The van der Waals surface area contributed by atoms with Crippen LogP contribution in [0, 0.1) is 6.92 Å². The lowest BCUT2D eigenvalue weighted by Gasteiger charge is -2.11. The summed E-state index contributed by atoms with van der Waals surface area (Å²) in [5, 5.41) is 12.8. The summed E-state index contributed by atoms with van der Waals surface area (Å²) in [5.74, 6) is 0.836. The van der Waals surface area contributed by atoms with Crippen LogP contribution in [-0.4, -0.2) is 26.4 Å². The molecule has 5 nitrogen and oxygen atoms in total. The summed E-state index contributed by atoms with van der Waals surface area (Å²) in [4.78, 5) is 12.4. The molecule has 0 fully saturated rings. The minimum atomic E-state index is -0.120. The Morgan fingerprint density at radius 3 is 2.57 bits per heavy atom. The molecule has 3 rings (SSSR count). The van der Waals surface area contributed by atoms with Gasteiger partial charge in [-0.3, -0.25) is 4.79 Å². The minimum Gasteiger partial charge on any atom is -0.323 e. The van der Waals surface area contributed by atoms with Gasteiger partial charge < -0.3 is 9.88 Å². The van der Waals surface area contributed by atoms with Gasteiger partial charge >= 0.3 is 0 Å². The number of amides is 1. The zero-order valence-corrected chi connectivity index (χ0v) is 19.9. The SMILES string of the molecule is CCn1c(SCC(=O)Nc2c(Br)cc(C)cc2Br)nnc1-c1cccc(Cl)c1. The van der Waals surface area contributed by atoms with Gasteiger partial charge in [0.1, 0.15) is 0 Å². The fraction of sp³-hybridized carbons (Fsp3) is 0.211. The van der Waals surface area contributed by atoms with Gasteiger partial charge in [-0.1, -0.05) is 35.5 Å². The number of aryl methyl sites for hydroxylation is 1. The van der Waals surface area contributed by atoms with Crippen LogP contribution in [-0.2, 0) is 11.3 Å². The van der Waals surface area contributed by atoms with Crippen LogP contribution in [0.3, 0.4) is 0 Å². The van der Waals surface area contributed by atoms with Crippen molar-refractivity contribution in [2.75, 3.05) is 11.1 Å². The second-order valence-electron chi connectivity index (χ2n) is 6.00. The number of halogens is 3. The van der Waals surface area contributed by atoms with Crippen LogP contribution in [0.4, 0.5) is 5.69 Å². The molecule has 1 heterocycles. The molecule has 0 aliphatic rings. The molecule has 0 aliphatic heterocycles. The molecule has 0 spiro atoms. The predicted octanol–water partition coefficient (Wildman–Crippen LogP) is 6.18. The highest BCUT2D eigenvalue weighted by Gasteiger charge is 2.16. The zero-order valence-electron chi connectivity index (χ0n) is 15.2. The monoisotopic (exact) mass is 542 g/mol. The van der Waals surface area contributed by atoms with Gasteiger partial charge in [0.2, 0.25) is 5.91 Å². The Hall–Kier alpha value is -1.35. The van der Waals surface area contributed by atoms with E-state index in [-0.39, 0.29) is 11.7 Å². The van der Waals surface area contributed by atoms with Crippen LogP contribution < -0.4 is 5.32 Å². The highest BCUT2D eigenvalue weighted by Crippen LogP contribution is 2.33. The molecular weight excluding hydrogens is 528 g/mol. The number of thioether (sulfide) groups is 1. The second kappa shape index (κ2) is 9.43. The van der Waals surface area contributed by atoms with Crippen molar-refractivity contribution >= 4 is 66.8 Å². The first-order valence-electron chi connectivity index (χ1n) is 8.46. The molecule has 28 heavy (non-hydrogen) atoms. The summed E-state index contributed by atoms with van der Waals surface area (Å²) in [6, 6.07) is 11.4. The van der Waals surface area contributed by atoms with Crippen molar-refractivity contribution in [3.63, 3.8) is 0 Å². The van der Waals surface area contributed by atoms with Crippen molar-refractivity contribution in [3.8, 4) is 11.4 Å². The maximum Gasteiger partial charge on any atom is 0.234 e. The summed E-state index contributed by atoms with van der Waals surface area (Å²) in [5.41, 5.74) is 2.70. The highest BCUT2D eigenvalue weighted by atomic mass is 79.9. The number of benzene rings is 2. The standard InChI is InChI=1S/C19H17Br2ClN4OS/c1-3-26-18(12-5-4-6-13(22)9-12)24-25-19(26)28-10-16(27)23-17-14(20)7-11(2)8-15(17)21/h4-9H,3,10H2,1-2H3,(H,23,27). The third kappa shape index (κ3) is 4.97. The van der Waals surface area contributed by atoms with Crippen LogP contribution in [0.15, 0.2) is 50.5 Å². The largest absolute Gasteiger partial charge is 0.323 e. The van der Waals surface area contributed by atoms with Gasteiger partial charge in [0.25, 0.3) is 0 Å². The van der Waals surface area contributed by atoms with Gasteiger partial charge in [0.15, 0.2) is 11.0 Å². The zero-order chi connectivity index (χ0) is 20.3. The smallest absolute Gasteiger partial charge is 0.234 e. The number of nitrogens with zero attached hydrogens (tertiary/aromatic N) is 3. The molecule has 0 saturated carbocycles. The van der Waals surface area contributed by atoms with E-state index >= 15 is 0 Å². The summed E-state index contributed by atoms with van der Waals surface area (Å²) < 4.78 is 3.64. The molecular formula is C19H17Br2ClN4OS. The van der Waals surface area contributed by atoms with E-state index in [1.165, 1.54) is 11.8 Å². The van der Waals surface area contributed by atoms with E-state index in [1.54, 1.807) is 0 Å². The molecule has 2 aromatic carbocycles. The third-order valence-corrected chi connectivity index (χ3v) is 6.35. The molecule has 146 valence electrons. The van der Waals surface area contributed by atoms with Gasteiger partial charge in [-0.05, 0) is 75.5 Å². The van der Waals surface area contributed by atoms with Crippen molar-refractivity contribution in [2.24, 2.45) is 0 Å². The molecule has 1 N–H and O–H groups in total. The normalized spacial score (nSPS) is 10.9. The fourth-order valence-electron chi connectivity index (χ4n) is 2.65. The van der Waals surface area contributed by atoms with Crippen molar-refractivity contribution in [1.82, 2.24) is 14.8 Å². The predicted molar refractivity (Wildman–Crippen MR) is 122 cm³/mol. The van der Waals surface area contributed by atoms with Gasteiger partial charge in [0, 0.05) is 26.1 Å². The molecule has 0 bridgehead atoms. The Labute approximate surface area is 189 Å². The van der Waals surface area contributed by atoms with Crippen molar-refractivity contribution in [2.45, 2.75) is 25.5 Å². The Kier molecular flexibility index (Phi) is 7.20. The first-order valence-corrected chi connectivity index (χ1v) is 11.4. The lowest BCUT2D eigenvalue weighted by molar-refractivity contribution is -0.113. The average molecular weight is 545 g/mol. The van der Waals surface area contributed by atoms with E-state index in [0.717, 1.165) is 25.9 Å². The number of carbonyl (C=O) groups excluding carboxylic acids is 1. The van der Waals surface area contributed by atoms with E-state index in [9.17, 15) is 4.79 Å². The lowest BCUT2D eigenvalue weighted by Crippen LogP contribution is -2.15. The number of nitrogens with one attached hydrogen (secondary N) is 1. The topological polar surface area (TPSA) is 59.8 Å². The summed E-state index contributed by atoms with van der Waals surface area (Å²) in [6.07, 6.45) is 0. The molecule has 3 aromatic rings. The van der Waals surface area contributed by atoms with Crippen molar-refractivity contribution < 1.29 is 4.79 Å². The molecule has 9 heteroatoms. The Balaban J connectivity index is 1.72. The Morgan fingerprint density at radius 2 is 1.93 bits per heavy atom. The van der Waals surface area contributed by atoms with E-state index in [2.05, 4.69) is 47.4 Å². The maximum atomic E-state index is 12.4. The first-order chi connectivity index (χ1) is 13.4. The van der Waals surface area contributed by atoms with Gasteiger partial charge in [-0.25, -0.2) is 0 Å². The second-order valence-corrected chi connectivity index (χ2v) is 9.09. The Bertz CT molecular complexity index is 1000. The van der Waals surface area contributed by atoms with E-state index in [0.29, 0.717) is 22.4 Å². The van der Waals surface area contributed by atoms with E-state index in [4.69, 9.17) is 11.6 Å². The van der Waals surface area contributed by atoms with Crippen LogP contribution in [0.5, 0.6) is 0 Å². The van der Waals surface area contributed by atoms with Gasteiger partial charge in [0.05, 0.1) is 11.4 Å². The van der Waals surface area contributed by atoms with Gasteiger partial charge in [-0.15, -0.1) is 10.2 Å².